The molecule has 0 saturated carbocycles. The van der Waals surface area contributed by atoms with Crippen LogP contribution in [-0.4, -0.2) is 25.1 Å². The highest BCUT2D eigenvalue weighted by Gasteiger charge is 2.46. The largest absolute Gasteiger partial charge is 0.348 e. The van der Waals surface area contributed by atoms with Gasteiger partial charge in [0.25, 0.3) is 0 Å². The van der Waals surface area contributed by atoms with E-state index in [9.17, 15) is 0 Å². The van der Waals surface area contributed by atoms with Crippen LogP contribution in [0.15, 0.2) is 60.7 Å². The molecule has 2 fully saturated rings. The quantitative estimate of drug-likeness (QED) is 0.820. The zero-order valence-electron chi connectivity index (χ0n) is 15.3. The van der Waals surface area contributed by atoms with E-state index in [2.05, 4.69) is 26.0 Å². The maximum Gasteiger partial charge on any atom is 0.184 e. The zero-order chi connectivity index (χ0) is 17.9. The molecule has 2 aromatic rings. The van der Waals surface area contributed by atoms with Crippen LogP contribution in [0.25, 0.3) is 0 Å². The molecular weight excluding hydrogens is 328 g/mol. The minimum absolute atomic E-state index is 0.0144. The van der Waals surface area contributed by atoms with Crippen molar-refractivity contribution >= 4 is 0 Å². The van der Waals surface area contributed by atoms with E-state index in [-0.39, 0.29) is 30.7 Å². The fraction of sp³-hybridized carbons (Fsp3) is 0.455. The Morgan fingerprint density at radius 3 is 2.31 bits per heavy atom. The van der Waals surface area contributed by atoms with Crippen molar-refractivity contribution in [2.24, 2.45) is 11.8 Å². The van der Waals surface area contributed by atoms with Gasteiger partial charge in [-0.1, -0.05) is 74.5 Å². The van der Waals surface area contributed by atoms with Gasteiger partial charge in [-0.25, -0.2) is 0 Å². The lowest BCUT2D eigenvalue weighted by molar-refractivity contribution is -0.344. The van der Waals surface area contributed by atoms with Crippen molar-refractivity contribution in [2.75, 3.05) is 6.61 Å². The summed E-state index contributed by atoms with van der Waals surface area (Å²) in [5.41, 5.74) is 2.20. The molecule has 2 saturated heterocycles. The third-order valence-corrected chi connectivity index (χ3v) is 5.47. The first-order valence-electron chi connectivity index (χ1n) is 9.35. The van der Waals surface area contributed by atoms with Gasteiger partial charge >= 0.3 is 0 Å². The molecule has 6 atom stereocenters. The average Bonchev–Trinajstić information content (AvgIpc) is 2.71. The minimum Gasteiger partial charge on any atom is -0.348 e. The molecule has 138 valence electrons. The highest BCUT2D eigenvalue weighted by Crippen LogP contribution is 2.39. The molecule has 0 aromatic heterocycles. The number of benzene rings is 2. The monoisotopic (exact) mass is 354 g/mol. The van der Waals surface area contributed by atoms with Gasteiger partial charge in [0.05, 0.1) is 19.3 Å². The second-order valence-corrected chi connectivity index (χ2v) is 7.23. The number of hydrogen-bond acceptors (Lipinski definition) is 4. The molecule has 4 rings (SSSR count). The predicted octanol–water partition coefficient (Wildman–Crippen LogP) is 4.31. The van der Waals surface area contributed by atoms with Crippen molar-refractivity contribution in [1.29, 1.82) is 0 Å². The smallest absolute Gasteiger partial charge is 0.184 e. The molecule has 0 N–H and O–H groups in total. The lowest BCUT2D eigenvalue weighted by Crippen LogP contribution is -2.55. The molecule has 2 heterocycles. The van der Waals surface area contributed by atoms with Crippen LogP contribution in [0.1, 0.15) is 31.3 Å². The molecule has 0 radical (unpaired) electrons. The van der Waals surface area contributed by atoms with Crippen molar-refractivity contribution in [3.8, 4) is 0 Å². The minimum atomic E-state index is -0.322. The van der Waals surface area contributed by atoms with E-state index in [0.717, 1.165) is 11.1 Å². The maximum absolute atomic E-state index is 6.27. The van der Waals surface area contributed by atoms with Gasteiger partial charge < -0.3 is 18.9 Å². The highest BCUT2D eigenvalue weighted by atomic mass is 16.7. The van der Waals surface area contributed by atoms with Gasteiger partial charge in [-0.05, 0) is 11.5 Å². The van der Waals surface area contributed by atoms with Crippen LogP contribution in [0.5, 0.6) is 0 Å². The molecule has 4 heteroatoms. The summed E-state index contributed by atoms with van der Waals surface area (Å²) in [5, 5.41) is 0. The molecule has 2 aliphatic heterocycles. The fourth-order valence-corrected chi connectivity index (χ4v) is 3.70. The Hall–Kier alpha value is -1.72. The average molecular weight is 354 g/mol. The molecule has 0 amide bonds. The van der Waals surface area contributed by atoms with E-state index < -0.39 is 0 Å². The van der Waals surface area contributed by atoms with Gasteiger partial charge in [0.1, 0.15) is 6.10 Å². The Morgan fingerprint density at radius 2 is 1.58 bits per heavy atom. The molecule has 3 unspecified atom stereocenters. The van der Waals surface area contributed by atoms with E-state index in [0.29, 0.717) is 19.1 Å². The molecule has 0 spiro atoms. The Kier molecular flexibility index (Phi) is 5.36. The fourth-order valence-electron chi connectivity index (χ4n) is 3.70. The molecule has 4 nitrogen and oxygen atoms in total. The van der Waals surface area contributed by atoms with Crippen LogP contribution in [0.2, 0.25) is 0 Å². The highest BCUT2D eigenvalue weighted by molar-refractivity contribution is 5.16. The summed E-state index contributed by atoms with van der Waals surface area (Å²) in [6, 6.07) is 20.3. The third-order valence-electron chi connectivity index (χ3n) is 5.47. The van der Waals surface area contributed by atoms with Crippen molar-refractivity contribution in [1.82, 2.24) is 0 Å². The summed E-state index contributed by atoms with van der Waals surface area (Å²) in [7, 11) is 0. The maximum atomic E-state index is 6.27. The van der Waals surface area contributed by atoms with E-state index in [4.69, 9.17) is 18.9 Å². The van der Waals surface area contributed by atoms with E-state index in [1.54, 1.807) is 0 Å². The molecule has 2 aliphatic rings. The molecule has 0 bridgehead atoms. The summed E-state index contributed by atoms with van der Waals surface area (Å²) in [6.07, 6.45) is -0.646. The Morgan fingerprint density at radius 1 is 0.885 bits per heavy atom. The number of hydrogen-bond donors (Lipinski definition) is 0. The van der Waals surface area contributed by atoms with Crippen LogP contribution in [-0.2, 0) is 25.6 Å². The number of ether oxygens (including phenoxy) is 4. The second-order valence-electron chi connectivity index (χ2n) is 7.23. The van der Waals surface area contributed by atoms with Crippen LogP contribution in [0, 0.1) is 11.8 Å². The molecule has 26 heavy (non-hydrogen) atoms. The molecule has 2 aromatic carbocycles. The third kappa shape index (κ3) is 3.69. The van der Waals surface area contributed by atoms with Crippen LogP contribution in [0.3, 0.4) is 0 Å². The van der Waals surface area contributed by atoms with Crippen molar-refractivity contribution in [2.45, 2.75) is 45.2 Å². The first-order chi connectivity index (χ1) is 12.7. The molecular formula is C22H26O4. The van der Waals surface area contributed by atoms with Crippen molar-refractivity contribution in [3.63, 3.8) is 0 Å². The van der Waals surface area contributed by atoms with Gasteiger partial charge in [0.15, 0.2) is 12.6 Å². The molecule has 0 aliphatic carbocycles. The first-order valence-corrected chi connectivity index (χ1v) is 9.35. The number of fused-ring (bicyclic) bond motifs is 1. The predicted molar refractivity (Wildman–Crippen MR) is 98.2 cm³/mol. The summed E-state index contributed by atoms with van der Waals surface area (Å²) in [5.74, 6) is 0.569. The number of rotatable bonds is 4. The lowest BCUT2D eigenvalue weighted by atomic mass is 9.84. The first kappa shape index (κ1) is 17.7. The standard InChI is InChI=1S/C22H26O4/c1-15-16(2)21(23-13-17-9-5-3-6-10-17)25-19-14-24-22(26-20(15)19)18-11-7-4-8-12-18/h3-12,15-16,19-22H,13-14H2,1-2H3/t15-,16?,19?,20+,21+,22?/m1/s1. The van der Waals surface area contributed by atoms with Gasteiger partial charge in [-0.3, -0.25) is 0 Å². The van der Waals surface area contributed by atoms with E-state index in [1.807, 2.05) is 48.5 Å². The summed E-state index contributed by atoms with van der Waals surface area (Å²) in [6.45, 7) is 5.46. The Labute approximate surface area is 155 Å². The Bertz CT molecular complexity index is 688. The van der Waals surface area contributed by atoms with Gasteiger partial charge in [-0.15, -0.1) is 0 Å². The zero-order valence-corrected chi connectivity index (χ0v) is 15.3. The van der Waals surface area contributed by atoms with Crippen LogP contribution in [0.4, 0.5) is 0 Å². The topological polar surface area (TPSA) is 36.9 Å². The van der Waals surface area contributed by atoms with E-state index in [1.165, 1.54) is 0 Å². The van der Waals surface area contributed by atoms with Gasteiger partial charge in [0, 0.05) is 11.5 Å². The normalized spacial score (nSPS) is 34.2. The second kappa shape index (κ2) is 7.89. The lowest BCUT2D eigenvalue weighted by Gasteiger charge is -2.48. The van der Waals surface area contributed by atoms with Crippen molar-refractivity contribution < 1.29 is 18.9 Å². The van der Waals surface area contributed by atoms with Crippen LogP contribution >= 0.6 is 0 Å². The Balaban J connectivity index is 1.40. The van der Waals surface area contributed by atoms with Crippen molar-refractivity contribution in [3.05, 3.63) is 71.8 Å². The van der Waals surface area contributed by atoms with Gasteiger partial charge in [-0.2, -0.15) is 0 Å². The summed E-state index contributed by atoms with van der Waals surface area (Å²) < 4.78 is 24.5. The van der Waals surface area contributed by atoms with Crippen LogP contribution < -0.4 is 0 Å². The summed E-state index contributed by atoms with van der Waals surface area (Å²) >= 11 is 0. The van der Waals surface area contributed by atoms with E-state index >= 15 is 0 Å². The summed E-state index contributed by atoms with van der Waals surface area (Å²) in [4.78, 5) is 0. The van der Waals surface area contributed by atoms with Gasteiger partial charge in [0.2, 0.25) is 0 Å². The SMILES string of the molecule is CC1[C@@H](OCc2ccccc2)OC2COC(c3ccccc3)O[C@H]2[C@@H]1C.